The minimum absolute atomic E-state index is 0.141. The van der Waals surface area contributed by atoms with E-state index in [1.54, 1.807) is 36.6 Å². The monoisotopic (exact) mass is 408 g/mol. The summed E-state index contributed by atoms with van der Waals surface area (Å²) >= 11 is 1.65. The van der Waals surface area contributed by atoms with Gasteiger partial charge in [-0.25, -0.2) is 4.39 Å². The average molecular weight is 408 g/mol. The third kappa shape index (κ3) is 4.03. The first-order chi connectivity index (χ1) is 14.0. The van der Waals surface area contributed by atoms with E-state index in [0.29, 0.717) is 17.8 Å². The van der Waals surface area contributed by atoms with Gasteiger partial charge >= 0.3 is 0 Å². The number of aryl methyl sites for hydroxylation is 1. The highest BCUT2D eigenvalue weighted by Gasteiger charge is 2.18. The Morgan fingerprint density at radius 1 is 1.14 bits per heavy atom. The summed E-state index contributed by atoms with van der Waals surface area (Å²) in [6.07, 6.45) is 0. The molecule has 4 aromatic rings. The number of benzene rings is 2. The Hall–Kier alpha value is -3.12. The highest BCUT2D eigenvalue weighted by molar-refractivity contribution is 7.19. The van der Waals surface area contributed by atoms with Crippen molar-refractivity contribution in [1.29, 1.82) is 0 Å². The summed E-state index contributed by atoms with van der Waals surface area (Å²) in [5.41, 5.74) is 3.08. The van der Waals surface area contributed by atoms with Crippen molar-refractivity contribution in [2.75, 3.05) is 7.11 Å². The van der Waals surface area contributed by atoms with Crippen molar-refractivity contribution >= 4 is 27.5 Å². The van der Waals surface area contributed by atoms with Crippen LogP contribution in [0.15, 0.2) is 60.7 Å². The van der Waals surface area contributed by atoms with Crippen LogP contribution in [0.3, 0.4) is 0 Å². The first-order valence-electron chi connectivity index (χ1n) is 9.29. The number of carbonyl (C=O) groups excluding carboxylic acids is 1. The molecule has 0 bridgehead atoms. The number of nitrogens with one attached hydrogen (secondary N) is 1. The highest BCUT2D eigenvalue weighted by Crippen LogP contribution is 2.30. The van der Waals surface area contributed by atoms with Crippen LogP contribution >= 0.6 is 11.3 Å². The summed E-state index contributed by atoms with van der Waals surface area (Å²) in [7, 11) is 1.64. The number of aromatic nitrogens is 1. The molecule has 0 saturated heterocycles. The number of halogens is 1. The molecule has 0 unspecified atom stereocenters. The highest BCUT2D eigenvalue weighted by atomic mass is 32.1. The number of ether oxygens (including phenoxy) is 1. The molecule has 0 aliphatic carbocycles. The molecule has 0 atom stereocenters. The summed E-state index contributed by atoms with van der Waals surface area (Å²) in [4.78, 5) is 14.1. The molecule has 2 heterocycles. The van der Waals surface area contributed by atoms with Crippen LogP contribution in [-0.4, -0.2) is 17.6 Å². The maximum absolute atomic E-state index is 13.9. The van der Waals surface area contributed by atoms with Crippen molar-refractivity contribution in [3.63, 3.8) is 0 Å². The van der Waals surface area contributed by atoms with E-state index in [0.717, 1.165) is 21.5 Å². The van der Waals surface area contributed by atoms with Gasteiger partial charge in [0, 0.05) is 23.5 Å². The molecular weight excluding hydrogens is 387 g/mol. The Balaban J connectivity index is 1.64. The van der Waals surface area contributed by atoms with E-state index >= 15 is 0 Å². The van der Waals surface area contributed by atoms with Crippen molar-refractivity contribution in [2.24, 2.45) is 0 Å². The molecule has 0 aliphatic rings. The van der Waals surface area contributed by atoms with E-state index in [1.807, 2.05) is 34.9 Å². The third-order valence-corrected chi connectivity index (χ3v) is 5.80. The predicted octanol–water partition coefficient (Wildman–Crippen LogP) is 5.14. The van der Waals surface area contributed by atoms with Gasteiger partial charge in [0.15, 0.2) is 0 Å². The molecule has 2 aromatic carbocycles. The van der Waals surface area contributed by atoms with Crippen LogP contribution in [-0.2, 0) is 13.1 Å². The Bertz CT molecular complexity index is 1180. The lowest BCUT2D eigenvalue weighted by molar-refractivity contribution is 0.0942. The molecule has 1 N–H and O–H groups in total. The number of nitrogens with zero attached hydrogens (tertiary/aromatic N) is 1. The van der Waals surface area contributed by atoms with Gasteiger partial charge in [-0.3, -0.25) is 4.79 Å². The molecule has 0 saturated carbocycles. The van der Waals surface area contributed by atoms with Crippen LogP contribution < -0.4 is 10.1 Å². The summed E-state index contributed by atoms with van der Waals surface area (Å²) in [6.45, 7) is 2.74. The minimum atomic E-state index is -0.323. The fraction of sp³-hybridized carbons (Fsp3) is 0.174. The van der Waals surface area contributed by atoms with Gasteiger partial charge in [-0.15, -0.1) is 11.3 Å². The number of amides is 1. The molecule has 0 spiro atoms. The summed E-state index contributed by atoms with van der Waals surface area (Å²) in [5.74, 6) is 0.228. The van der Waals surface area contributed by atoms with Gasteiger partial charge in [-0.2, -0.15) is 0 Å². The molecule has 1 amide bonds. The molecule has 148 valence electrons. The second-order valence-corrected chi connectivity index (χ2v) is 8.14. The van der Waals surface area contributed by atoms with Crippen LogP contribution in [0.5, 0.6) is 5.75 Å². The second-order valence-electron chi connectivity index (χ2n) is 6.85. The van der Waals surface area contributed by atoms with Crippen molar-refractivity contribution in [3.8, 4) is 5.75 Å². The number of methoxy groups -OCH3 is 1. The lowest BCUT2D eigenvalue weighted by Crippen LogP contribution is -2.26. The summed E-state index contributed by atoms with van der Waals surface area (Å²) < 4.78 is 22.3. The van der Waals surface area contributed by atoms with Crippen molar-refractivity contribution in [2.45, 2.75) is 20.0 Å². The summed E-state index contributed by atoms with van der Waals surface area (Å²) in [5, 5.41) is 2.85. The molecule has 29 heavy (non-hydrogen) atoms. The Morgan fingerprint density at radius 3 is 2.76 bits per heavy atom. The Labute approximate surface area is 172 Å². The van der Waals surface area contributed by atoms with E-state index in [4.69, 9.17) is 4.74 Å². The van der Waals surface area contributed by atoms with Gasteiger partial charge in [-0.1, -0.05) is 30.3 Å². The van der Waals surface area contributed by atoms with E-state index in [9.17, 15) is 9.18 Å². The molecule has 4 rings (SSSR count). The average Bonchev–Trinajstić information content (AvgIpc) is 3.24. The standard InChI is InChI=1S/C23H21FN2O2S/c1-15-10-20-22(29-15)12-21(23(27)25-13-17-7-3-4-9-19(17)24)26(20)14-16-6-5-8-18(11-16)28-2/h3-12H,13-14H2,1-2H3,(H,25,27). The number of carbonyl (C=O) groups is 1. The zero-order valence-corrected chi connectivity index (χ0v) is 17.1. The van der Waals surface area contributed by atoms with Crippen molar-refractivity contribution in [1.82, 2.24) is 9.88 Å². The van der Waals surface area contributed by atoms with E-state index < -0.39 is 0 Å². The van der Waals surface area contributed by atoms with E-state index in [1.165, 1.54) is 10.9 Å². The smallest absolute Gasteiger partial charge is 0.268 e. The maximum atomic E-state index is 13.9. The number of fused-ring (bicyclic) bond motifs is 1. The quantitative estimate of drug-likeness (QED) is 0.480. The van der Waals surface area contributed by atoms with E-state index in [2.05, 4.69) is 18.3 Å². The number of hydrogen-bond donors (Lipinski definition) is 1. The van der Waals surface area contributed by atoms with Gasteiger partial charge in [0.05, 0.1) is 17.3 Å². The van der Waals surface area contributed by atoms with Crippen LogP contribution in [0.1, 0.15) is 26.5 Å². The molecule has 4 nitrogen and oxygen atoms in total. The maximum Gasteiger partial charge on any atom is 0.268 e. The number of rotatable bonds is 6. The largest absolute Gasteiger partial charge is 0.497 e. The van der Waals surface area contributed by atoms with Gasteiger partial charge in [0.1, 0.15) is 17.3 Å². The van der Waals surface area contributed by atoms with Gasteiger partial charge in [0.2, 0.25) is 0 Å². The van der Waals surface area contributed by atoms with Gasteiger partial charge < -0.3 is 14.6 Å². The first-order valence-corrected chi connectivity index (χ1v) is 10.1. The molecule has 6 heteroatoms. The van der Waals surface area contributed by atoms with E-state index in [-0.39, 0.29) is 18.3 Å². The second kappa shape index (κ2) is 8.09. The van der Waals surface area contributed by atoms with Gasteiger partial charge in [0.25, 0.3) is 5.91 Å². The molecular formula is C23H21FN2O2S. The third-order valence-electron chi connectivity index (χ3n) is 4.82. The SMILES string of the molecule is COc1cccc(Cn2c(C(=O)NCc3ccccc3F)cc3sc(C)cc32)c1. The fourth-order valence-electron chi connectivity index (χ4n) is 3.38. The first kappa shape index (κ1) is 19.2. The van der Waals surface area contributed by atoms with Gasteiger partial charge in [-0.05, 0) is 42.8 Å². The molecule has 0 radical (unpaired) electrons. The number of hydrogen-bond acceptors (Lipinski definition) is 3. The molecule has 0 fully saturated rings. The van der Waals surface area contributed by atoms with Crippen molar-refractivity contribution < 1.29 is 13.9 Å². The number of thiophene rings is 1. The lowest BCUT2D eigenvalue weighted by atomic mass is 10.2. The molecule has 2 aromatic heterocycles. The van der Waals surface area contributed by atoms with Crippen LogP contribution in [0.2, 0.25) is 0 Å². The lowest BCUT2D eigenvalue weighted by Gasteiger charge is -2.12. The zero-order valence-electron chi connectivity index (χ0n) is 16.2. The normalized spacial score (nSPS) is 11.0. The fourth-order valence-corrected chi connectivity index (χ4v) is 4.35. The van der Waals surface area contributed by atoms with Crippen molar-refractivity contribution in [3.05, 3.63) is 88.2 Å². The van der Waals surface area contributed by atoms with Crippen LogP contribution in [0.25, 0.3) is 10.2 Å². The zero-order chi connectivity index (χ0) is 20.4. The Kier molecular flexibility index (Phi) is 5.36. The Morgan fingerprint density at radius 2 is 1.97 bits per heavy atom. The van der Waals surface area contributed by atoms with Crippen LogP contribution in [0.4, 0.5) is 4.39 Å². The summed E-state index contributed by atoms with van der Waals surface area (Å²) in [6, 6.07) is 18.3. The predicted molar refractivity (Wildman–Crippen MR) is 114 cm³/mol. The van der Waals surface area contributed by atoms with Crippen LogP contribution in [0, 0.1) is 12.7 Å². The molecule has 0 aliphatic heterocycles. The minimum Gasteiger partial charge on any atom is -0.497 e. The topological polar surface area (TPSA) is 43.3 Å².